The SMILES string of the molecule is CN(Cc1ccc(OC(F)F)cc1)C(=O)c1ccc(NS(=O)(=O)/C=C/c2ccccc2)cc1. The largest absolute Gasteiger partial charge is 0.435 e. The van der Waals surface area contributed by atoms with Gasteiger partial charge >= 0.3 is 6.61 Å². The molecule has 0 aromatic heterocycles. The molecule has 0 aliphatic rings. The van der Waals surface area contributed by atoms with Gasteiger partial charge in [-0.05, 0) is 53.6 Å². The second-order valence-corrected chi connectivity index (χ2v) is 8.69. The van der Waals surface area contributed by atoms with Gasteiger partial charge < -0.3 is 9.64 Å². The van der Waals surface area contributed by atoms with E-state index in [-0.39, 0.29) is 18.2 Å². The number of hydrogen-bond donors (Lipinski definition) is 1. The molecule has 3 rings (SSSR count). The minimum Gasteiger partial charge on any atom is -0.435 e. The van der Waals surface area contributed by atoms with Crippen LogP contribution in [0, 0.1) is 0 Å². The Morgan fingerprint density at radius 1 is 1.00 bits per heavy atom. The van der Waals surface area contributed by atoms with Crippen LogP contribution in [0.3, 0.4) is 0 Å². The highest BCUT2D eigenvalue weighted by Gasteiger charge is 2.13. The molecule has 0 aliphatic carbocycles. The number of carbonyl (C=O) groups is 1. The first-order valence-electron chi connectivity index (χ1n) is 9.87. The maximum atomic E-state index is 12.7. The van der Waals surface area contributed by atoms with E-state index in [9.17, 15) is 22.0 Å². The fourth-order valence-corrected chi connectivity index (χ4v) is 3.82. The number of anilines is 1. The number of nitrogens with zero attached hydrogens (tertiary/aromatic N) is 1. The van der Waals surface area contributed by atoms with Crippen molar-refractivity contribution < 1.29 is 26.7 Å². The average Bonchev–Trinajstić information content (AvgIpc) is 2.79. The van der Waals surface area contributed by atoms with Crippen LogP contribution in [-0.4, -0.2) is 32.9 Å². The molecule has 1 N–H and O–H groups in total. The van der Waals surface area contributed by atoms with Gasteiger partial charge in [0.15, 0.2) is 0 Å². The number of benzene rings is 3. The number of sulfonamides is 1. The van der Waals surface area contributed by atoms with E-state index in [4.69, 9.17) is 0 Å². The van der Waals surface area contributed by atoms with Crippen LogP contribution >= 0.6 is 0 Å². The van der Waals surface area contributed by atoms with Crippen LogP contribution in [0.15, 0.2) is 84.3 Å². The van der Waals surface area contributed by atoms with Gasteiger partial charge in [0.25, 0.3) is 15.9 Å². The topological polar surface area (TPSA) is 75.7 Å². The van der Waals surface area contributed by atoms with Crippen LogP contribution < -0.4 is 9.46 Å². The molecule has 0 radical (unpaired) electrons. The molecule has 0 atom stereocenters. The highest BCUT2D eigenvalue weighted by Crippen LogP contribution is 2.18. The third-order valence-corrected chi connectivity index (χ3v) is 5.56. The van der Waals surface area contributed by atoms with Crippen LogP contribution in [0.1, 0.15) is 21.5 Å². The van der Waals surface area contributed by atoms with Crippen molar-refractivity contribution in [2.75, 3.05) is 11.8 Å². The van der Waals surface area contributed by atoms with Crippen molar-refractivity contribution in [1.82, 2.24) is 4.90 Å². The molecular weight excluding hydrogens is 450 g/mol. The summed E-state index contributed by atoms with van der Waals surface area (Å²) in [6.07, 6.45) is 1.49. The van der Waals surface area contributed by atoms with Crippen LogP contribution in [0.2, 0.25) is 0 Å². The lowest BCUT2D eigenvalue weighted by Crippen LogP contribution is -2.26. The number of hydrogen-bond acceptors (Lipinski definition) is 4. The van der Waals surface area contributed by atoms with E-state index in [0.717, 1.165) is 16.5 Å². The van der Waals surface area contributed by atoms with Gasteiger partial charge in [-0.25, -0.2) is 8.42 Å². The first-order chi connectivity index (χ1) is 15.7. The zero-order chi connectivity index (χ0) is 23.8. The summed E-state index contributed by atoms with van der Waals surface area (Å²) in [5.74, 6) is -0.235. The highest BCUT2D eigenvalue weighted by molar-refractivity contribution is 7.95. The van der Waals surface area contributed by atoms with Crippen molar-refractivity contribution in [3.63, 3.8) is 0 Å². The molecule has 33 heavy (non-hydrogen) atoms. The summed E-state index contributed by atoms with van der Waals surface area (Å²) in [5.41, 5.74) is 2.18. The Labute approximate surface area is 191 Å². The maximum absolute atomic E-state index is 12.7. The lowest BCUT2D eigenvalue weighted by atomic mass is 10.1. The summed E-state index contributed by atoms with van der Waals surface area (Å²) in [7, 11) is -2.11. The van der Waals surface area contributed by atoms with Gasteiger partial charge in [-0.1, -0.05) is 42.5 Å². The fraction of sp³-hybridized carbons (Fsp3) is 0.125. The van der Waals surface area contributed by atoms with Gasteiger partial charge in [-0.3, -0.25) is 9.52 Å². The van der Waals surface area contributed by atoms with Crippen molar-refractivity contribution in [2.45, 2.75) is 13.2 Å². The molecule has 3 aromatic rings. The van der Waals surface area contributed by atoms with Gasteiger partial charge in [0.05, 0.1) is 5.41 Å². The Bertz CT molecular complexity index is 1200. The van der Waals surface area contributed by atoms with E-state index >= 15 is 0 Å². The minimum atomic E-state index is -3.72. The van der Waals surface area contributed by atoms with Gasteiger partial charge in [0.2, 0.25) is 0 Å². The molecule has 0 heterocycles. The molecule has 0 saturated heterocycles. The van der Waals surface area contributed by atoms with E-state index in [0.29, 0.717) is 11.3 Å². The molecule has 172 valence electrons. The van der Waals surface area contributed by atoms with Crippen molar-refractivity contribution in [3.8, 4) is 5.75 Å². The Morgan fingerprint density at radius 3 is 2.24 bits per heavy atom. The number of nitrogens with one attached hydrogen (secondary N) is 1. The quantitative estimate of drug-likeness (QED) is 0.477. The second-order valence-electron chi connectivity index (χ2n) is 7.12. The van der Waals surface area contributed by atoms with Crippen LogP contribution in [-0.2, 0) is 16.6 Å². The molecule has 1 amide bonds. The van der Waals surface area contributed by atoms with Gasteiger partial charge in [-0.2, -0.15) is 8.78 Å². The Morgan fingerprint density at radius 2 is 1.64 bits per heavy atom. The summed E-state index contributed by atoms with van der Waals surface area (Å²) < 4.78 is 55.7. The normalized spacial score (nSPS) is 11.5. The summed E-state index contributed by atoms with van der Waals surface area (Å²) in [4.78, 5) is 14.1. The number of carbonyl (C=O) groups excluding carboxylic acids is 1. The molecule has 3 aromatic carbocycles. The highest BCUT2D eigenvalue weighted by atomic mass is 32.2. The fourth-order valence-electron chi connectivity index (χ4n) is 2.95. The first-order valence-corrected chi connectivity index (χ1v) is 11.4. The first kappa shape index (κ1) is 23.9. The predicted octanol–water partition coefficient (Wildman–Crippen LogP) is 4.97. The van der Waals surface area contributed by atoms with Crippen molar-refractivity contribution in [2.24, 2.45) is 0 Å². The van der Waals surface area contributed by atoms with Gasteiger partial charge in [-0.15, -0.1) is 0 Å². The van der Waals surface area contributed by atoms with E-state index < -0.39 is 16.6 Å². The van der Waals surface area contributed by atoms with Crippen LogP contribution in [0.25, 0.3) is 6.08 Å². The molecule has 0 aliphatic heterocycles. The van der Waals surface area contributed by atoms with Crippen molar-refractivity contribution in [1.29, 1.82) is 0 Å². The number of ether oxygens (including phenoxy) is 1. The molecule has 0 bridgehead atoms. The zero-order valence-corrected chi connectivity index (χ0v) is 18.5. The maximum Gasteiger partial charge on any atom is 0.387 e. The van der Waals surface area contributed by atoms with E-state index in [1.165, 1.54) is 47.4 Å². The third kappa shape index (κ3) is 7.43. The number of amides is 1. The Kier molecular flexibility index (Phi) is 7.78. The average molecular weight is 473 g/mol. The number of halogens is 2. The number of alkyl halides is 2. The monoisotopic (exact) mass is 472 g/mol. The second kappa shape index (κ2) is 10.7. The number of rotatable bonds is 9. The molecule has 9 heteroatoms. The van der Waals surface area contributed by atoms with Crippen LogP contribution in [0.5, 0.6) is 5.75 Å². The van der Waals surface area contributed by atoms with Gasteiger partial charge in [0.1, 0.15) is 5.75 Å². The molecule has 6 nitrogen and oxygen atoms in total. The summed E-state index contributed by atoms with van der Waals surface area (Å²) >= 11 is 0. The molecule has 0 fully saturated rings. The lowest BCUT2D eigenvalue weighted by Gasteiger charge is -2.18. The van der Waals surface area contributed by atoms with E-state index in [1.54, 1.807) is 31.3 Å². The van der Waals surface area contributed by atoms with E-state index in [2.05, 4.69) is 9.46 Å². The summed E-state index contributed by atoms with van der Waals surface area (Å²) in [6.45, 7) is -2.64. The van der Waals surface area contributed by atoms with Crippen LogP contribution in [0.4, 0.5) is 14.5 Å². The standard InChI is InChI=1S/C24H22F2N2O4S/c1-28(17-19-7-13-22(14-8-19)32-24(25)26)23(29)20-9-11-21(12-10-20)27-33(30,31)16-15-18-5-3-2-4-6-18/h2-16,24,27H,17H2,1H3/b16-15+. The molecule has 0 unspecified atom stereocenters. The van der Waals surface area contributed by atoms with Gasteiger partial charge in [0, 0.05) is 24.8 Å². The van der Waals surface area contributed by atoms with E-state index in [1.807, 2.05) is 18.2 Å². The molecule has 0 saturated carbocycles. The predicted molar refractivity (Wildman–Crippen MR) is 123 cm³/mol. The zero-order valence-electron chi connectivity index (χ0n) is 17.7. The Balaban J connectivity index is 1.59. The lowest BCUT2D eigenvalue weighted by molar-refractivity contribution is -0.0498. The minimum absolute atomic E-state index is 0.0411. The smallest absolute Gasteiger partial charge is 0.387 e. The van der Waals surface area contributed by atoms with Crippen molar-refractivity contribution >= 4 is 27.7 Å². The molecule has 0 spiro atoms. The summed E-state index contributed by atoms with van der Waals surface area (Å²) in [6, 6.07) is 21.1. The Hall–Kier alpha value is -3.72. The third-order valence-electron chi connectivity index (χ3n) is 4.55. The van der Waals surface area contributed by atoms with Crippen molar-refractivity contribution in [3.05, 3.63) is 101 Å². The summed E-state index contributed by atoms with van der Waals surface area (Å²) in [5, 5.41) is 1.08. The molecular formula is C24H22F2N2O4S.